The highest BCUT2D eigenvalue weighted by atomic mass is 16.5. The second-order valence-electron chi connectivity index (χ2n) is 3.98. The number of hydrogen-bond acceptors (Lipinski definition) is 3. The number of rotatable bonds is 11. The summed E-state index contributed by atoms with van der Waals surface area (Å²) in [5.41, 5.74) is 0. The number of hydrogen-bond donors (Lipinski definition) is 1. The number of Topliss-reactive ketones (excluding diaryl/α,β-unsaturated/α-hetero) is 1. The molecular weight excluding hydrogens is 190 g/mol. The van der Waals surface area contributed by atoms with Gasteiger partial charge in [-0.1, -0.05) is 25.7 Å². The minimum atomic E-state index is 0.113. The van der Waals surface area contributed by atoms with Gasteiger partial charge in [-0.2, -0.15) is 0 Å². The maximum absolute atomic E-state index is 10.5. The molecule has 0 bridgehead atoms. The normalized spacial score (nSPS) is 10.5. The third kappa shape index (κ3) is 13.6. The van der Waals surface area contributed by atoms with Crippen LogP contribution in [0, 0.1) is 0 Å². The molecular formula is C12H25NO2. The van der Waals surface area contributed by atoms with Crippen LogP contribution in [0.2, 0.25) is 0 Å². The first-order valence-corrected chi connectivity index (χ1v) is 5.99. The molecule has 90 valence electrons. The van der Waals surface area contributed by atoms with Gasteiger partial charge in [0.2, 0.25) is 0 Å². The van der Waals surface area contributed by atoms with Crippen molar-refractivity contribution in [2.45, 2.75) is 45.4 Å². The van der Waals surface area contributed by atoms with Crippen molar-refractivity contribution in [1.29, 1.82) is 0 Å². The van der Waals surface area contributed by atoms with Gasteiger partial charge in [-0.3, -0.25) is 4.79 Å². The van der Waals surface area contributed by atoms with Gasteiger partial charge in [0, 0.05) is 6.61 Å². The Balaban J connectivity index is 2.89. The van der Waals surface area contributed by atoms with Crippen LogP contribution in [-0.4, -0.2) is 32.6 Å². The minimum Gasteiger partial charge on any atom is -0.374 e. The molecule has 0 fully saturated rings. The quantitative estimate of drug-likeness (QED) is 0.537. The van der Waals surface area contributed by atoms with Crippen LogP contribution in [-0.2, 0) is 9.53 Å². The molecule has 0 amide bonds. The number of nitrogens with one attached hydrogen (secondary N) is 1. The van der Waals surface area contributed by atoms with Crippen LogP contribution in [0.15, 0.2) is 0 Å². The summed E-state index contributed by atoms with van der Waals surface area (Å²) in [5.74, 6) is 0.113. The highest BCUT2D eigenvalue weighted by molar-refractivity contribution is 5.76. The summed E-state index contributed by atoms with van der Waals surface area (Å²) in [5, 5.41) is 3.15. The lowest BCUT2D eigenvalue weighted by molar-refractivity contribution is -0.121. The van der Waals surface area contributed by atoms with Crippen LogP contribution >= 0.6 is 0 Å². The van der Waals surface area contributed by atoms with Crippen molar-refractivity contribution in [1.82, 2.24) is 5.32 Å². The summed E-state index contributed by atoms with van der Waals surface area (Å²) >= 11 is 0. The molecule has 0 aliphatic carbocycles. The molecule has 3 nitrogen and oxygen atoms in total. The van der Waals surface area contributed by atoms with Gasteiger partial charge in [0.05, 0.1) is 0 Å². The van der Waals surface area contributed by atoms with Crippen LogP contribution in [0.5, 0.6) is 0 Å². The van der Waals surface area contributed by atoms with Gasteiger partial charge in [0.1, 0.15) is 6.61 Å². The second kappa shape index (κ2) is 11.7. The lowest BCUT2D eigenvalue weighted by Gasteiger charge is -2.02. The summed E-state index contributed by atoms with van der Waals surface area (Å²) in [4.78, 5) is 10.5. The van der Waals surface area contributed by atoms with Crippen molar-refractivity contribution < 1.29 is 9.53 Å². The van der Waals surface area contributed by atoms with E-state index in [1.807, 2.05) is 7.05 Å². The first-order chi connectivity index (χ1) is 7.27. The molecule has 0 rings (SSSR count). The predicted octanol–water partition coefficient (Wildman–Crippen LogP) is 2.15. The fourth-order valence-corrected chi connectivity index (χ4v) is 1.43. The summed E-state index contributed by atoms with van der Waals surface area (Å²) < 4.78 is 5.18. The van der Waals surface area contributed by atoms with E-state index in [0.717, 1.165) is 19.6 Å². The molecule has 0 unspecified atom stereocenters. The molecule has 0 spiro atoms. The van der Waals surface area contributed by atoms with Crippen molar-refractivity contribution in [3.8, 4) is 0 Å². The highest BCUT2D eigenvalue weighted by Gasteiger charge is 1.94. The Kier molecular flexibility index (Phi) is 11.3. The standard InChI is InChI=1S/C12H25NO2/c1-12(14)11-15-10-8-6-4-3-5-7-9-13-2/h13H,3-11H2,1-2H3. The molecule has 0 aliphatic heterocycles. The summed E-state index contributed by atoms with van der Waals surface area (Å²) in [6.45, 7) is 3.70. The molecule has 0 atom stereocenters. The number of carbonyl (C=O) groups excluding carboxylic acids is 1. The van der Waals surface area contributed by atoms with Crippen LogP contribution in [0.4, 0.5) is 0 Å². The summed E-state index contributed by atoms with van der Waals surface area (Å²) in [6, 6.07) is 0. The zero-order valence-electron chi connectivity index (χ0n) is 10.2. The Morgan fingerprint density at radius 3 is 2.27 bits per heavy atom. The number of carbonyl (C=O) groups is 1. The minimum absolute atomic E-state index is 0.113. The lowest BCUT2D eigenvalue weighted by Crippen LogP contribution is -2.07. The average molecular weight is 215 g/mol. The van der Waals surface area contributed by atoms with Gasteiger partial charge in [0.15, 0.2) is 5.78 Å². The summed E-state index contributed by atoms with van der Waals surface area (Å²) in [6.07, 6.45) is 7.49. The van der Waals surface area contributed by atoms with E-state index in [2.05, 4.69) is 5.32 Å². The third-order valence-electron chi connectivity index (χ3n) is 2.27. The first-order valence-electron chi connectivity index (χ1n) is 5.99. The molecule has 1 N–H and O–H groups in total. The first kappa shape index (κ1) is 14.6. The maximum Gasteiger partial charge on any atom is 0.155 e. The maximum atomic E-state index is 10.5. The van der Waals surface area contributed by atoms with Crippen molar-refractivity contribution >= 4 is 5.78 Å². The van der Waals surface area contributed by atoms with E-state index in [4.69, 9.17) is 4.74 Å². The topological polar surface area (TPSA) is 38.3 Å². The van der Waals surface area contributed by atoms with E-state index < -0.39 is 0 Å². The molecule has 0 aliphatic rings. The SMILES string of the molecule is CNCCCCCCCCOCC(C)=O. The van der Waals surface area contributed by atoms with Crippen molar-refractivity contribution in [3.05, 3.63) is 0 Å². The van der Waals surface area contributed by atoms with Gasteiger partial charge in [0.25, 0.3) is 0 Å². The predicted molar refractivity (Wildman–Crippen MR) is 63.1 cm³/mol. The summed E-state index contributed by atoms with van der Waals surface area (Å²) in [7, 11) is 1.99. The smallest absolute Gasteiger partial charge is 0.155 e. The number of ketones is 1. The second-order valence-corrected chi connectivity index (χ2v) is 3.98. The highest BCUT2D eigenvalue weighted by Crippen LogP contribution is 2.04. The fourth-order valence-electron chi connectivity index (χ4n) is 1.43. The number of unbranched alkanes of at least 4 members (excludes halogenated alkanes) is 5. The van der Waals surface area contributed by atoms with Gasteiger partial charge in [-0.05, 0) is 33.4 Å². The molecule has 3 heteroatoms. The van der Waals surface area contributed by atoms with Crippen LogP contribution < -0.4 is 5.32 Å². The largest absolute Gasteiger partial charge is 0.374 e. The molecule has 0 aromatic heterocycles. The van der Waals surface area contributed by atoms with E-state index in [-0.39, 0.29) is 12.4 Å². The van der Waals surface area contributed by atoms with Crippen LogP contribution in [0.1, 0.15) is 45.4 Å². The third-order valence-corrected chi connectivity index (χ3v) is 2.27. The van der Waals surface area contributed by atoms with Crippen molar-refractivity contribution in [2.24, 2.45) is 0 Å². The van der Waals surface area contributed by atoms with E-state index in [1.54, 1.807) is 6.92 Å². The molecule has 0 aromatic carbocycles. The number of ether oxygens (including phenoxy) is 1. The van der Waals surface area contributed by atoms with Gasteiger partial charge >= 0.3 is 0 Å². The molecule has 0 aromatic rings. The van der Waals surface area contributed by atoms with Gasteiger partial charge < -0.3 is 10.1 Å². The zero-order chi connectivity index (χ0) is 11.4. The Bertz CT molecular complexity index is 149. The van der Waals surface area contributed by atoms with E-state index in [9.17, 15) is 4.79 Å². The van der Waals surface area contributed by atoms with E-state index >= 15 is 0 Å². The lowest BCUT2D eigenvalue weighted by atomic mass is 10.1. The molecule has 0 saturated carbocycles. The fraction of sp³-hybridized carbons (Fsp3) is 0.917. The molecule has 0 radical (unpaired) electrons. The Labute approximate surface area is 93.6 Å². The zero-order valence-corrected chi connectivity index (χ0v) is 10.2. The Morgan fingerprint density at radius 1 is 1.07 bits per heavy atom. The Hall–Kier alpha value is -0.410. The van der Waals surface area contributed by atoms with Crippen LogP contribution in [0.3, 0.4) is 0 Å². The van der Waals surface area contributed by atoms with Crippen LogP contribution in [0.25, 0.3) is 0 Å². The van der Waals surface area contributed by atoms with Gasteiger partial charge in [-0.15, -0.1) is 0 Å². The Morgan fingerprint density at radius 2 is 1.67 bits per heavy atom. The van der Waals surface area contributed by atoms with Gasteiger partial charge in [-0.25, -0.2) is 0 Å². The average Bonchev–Trinajstić information content (AvgIpc) is 2.20. The van der Waals surface area contributed by atoms with E-state index in [1.165, 1.54) is 32.1 Å². The van der Waals surface area contributed by atoms with Crippen molar-refractivity contribution in [3.63, 3.8) is 0 Å². The van der Waals surface area contributed by atoms with E-state index in [0.29, 0.717) is 0 Å². The molecule has 15 heavy (non-hydrogen) atoms. The van der Waals surface area contributed by atoms with Crippen molar-refractivity contribution in [2.75, 3.05) is 26.8 Å². The molecule has 0 saturated heterocycles. The monoisotopic (exact) mass is 215 g/mol. The molecule has 0 heterocycles.